The third-order valence-corrected chi connectivity index (χ3v) is 12.8. The Morgan fingerprint density at radius 1 is 0.327 bits per heavy atom. The van der Waals surface area contributed by atoms with E-state index in [0.29, 0.717) is 27.3 Å². The molecule has 6 heteroatoms. The van der Waals surface area contributed by atoms with Gasteiger partial charge in [0, 0.05) is 38.6 Å². The van der Waals surface area contributed by atoms with E-state index in [1.807, 2.05) is 115 Å². The molecular weight excluding hydrogens is 695 g/mol. The summed E-state index contributed by atoms with van der Waals surface area (Å²) < 4.78 is 29.6. The number of benzene rings is 9. The molecule has 1 aliphatic rings. The molecule has 0 fully saturated rings. The molecule has 258 valence electrons. The van der Waals surface area contributed by atoms with E-state index in [1.165, 1.54) is 0 Å². The lowest BCUT2D eigenvalue weighted by molar-refractivity contribution is 0.600. The SMILES string of the molecule is O=S1(=O)c2c(ccc3ccccc23)-c2ccc3c4ccccc4c4cc(-c5nc(-c6ccccc6)nc(-c6ccc(-c7ccccc7)cc6)n5)ccc4c3c21. The van der Waals surface area contributed by atoms with E-state index in [-0.39, 0.29) is 0 Å². The lowest BCUT2D eigenvalue weighted by Crippen LogP contribution is -2.01. The highest BCUT2D eigenvalue weighted by Gasteiger charge is 2.37. The average Bonchev–Trinajstić information content (AvgIpc) is 3.50. The van der Waals surface area contributed by atoms with Crippen molar-refractivity contribution in [2.75, 3.05) is 0 Å². The maximum atomic E-state index is 14.8. The van der Waals surface area contributed by atoms with E-state index >= 15 is 0 Å². The molecule has 0 atom stereocenters. The van der Waals surface area contributed by atoms with Gasteiger partial charge in [-0.25, -0.2) is 23.4 Å². The lowest BCUT2D eigenvalue weighted by atomic mass is 9.91. The van der Waals surface area contributed by atoms with Crippen LogP contribution in [-0.4, -0.2) is 23.4 Å². The van der Waals surface area contributed by atoms with E-state index < -0.39 is 9.84 Å². The van der Waals surface area contributed by atoms with Gasteiger partial charge >= 0.3 is 0 Å². The third-order valence-electron chi connectivity index (χ3n) is 10.8. The first-order valence-corrected chi connectivity index (χ1v) is 19.7. The third kappa shape index (κ3) is 4.85. The van der Waals surface area contributed by atoms with Gasteiger partial charge in [-0.05, 0) is 49.5 Å². The van der Waals surface area contributed by atoms with Crippen LogP contribution in [0.5, 0.6) is 0 Å². The van der Waals surface area contributed by atoms with Crippen molar-refractivity contribution in [3.05, 3.63) is 176 Å². The van der Waals surface area contributed by atoms with Gasteiger partial charge in [0.2, 0.25) is 9.84 Å². The molecule has 0 N–H and O–H groups in total. The highest BCUT2D eigenvalue weighted by Crippen LogP contribution is 2.51. The molecule has 0 bridgehead atoms. The van der Waals surface area contributed by atoms with Crippen molar-refractivity contribution in [1.29, 1.82) is 0 Å². The standard InChI is InChI=1S/C49H29N3O2S/c53-55(54)45-36-16-8-7-13-32(36)23-26-41(45)42-28-27-39-37-17-9-10-18-38(37)43-29-35(24-25-40(43)44(39)46(42)55)49-51-47(33-14-5-2-6-15-33)50-48(52-49)34-21-19-31(20-22-34)30-11-3-1-4-12-30/h1-29H. The molecule has 0 radical (unpaired) electrons. The summed E-state index contributed by atoms with van der Waals surface area (Å²) in [6, 6.07) is 58.6. The van der Waals surface area contributed by atoms with E-state index in [1.54, 1.807) is 0 Å². The van der Waals surface area contributed by atoms with Crippen LogP contribution in [0.15, 0.2) is 186 Å². The van der Waals surface area contributed by atoms with Gasteiger partial charge < -0.3 is 0 Å². The molecule has 55 heavy (non-hydrogen) atoms. The van der Waals surface area contributed by atoms with E-state index in [2.05, 4.69) is 60.7 Å². The van der Waals surface area contributed by atoms with Gasteiger partial charge in [-0.15, -0.1) is 0 Å². The second-order valence-electron chi connectivity index (χ2n) is 14.0. The number of hydrogen-bond acceptors (Lipinski definition) is 5. The molecule has 10 aromatic rings. The predicted octanol–water partition coefficient (Wildman–Crippen LogP) is 12.0. The summed E-state index contributed by atoms with van der Waals surface area (Å²) >= 11 is 0. The maximum Gasteiger partial charge on any atom is 0.209 e. The smallest absolute Gasteiger partial charge is 0.209 e. The highest BCUT2D eigenvalue weighted by atomic mass is 32.2. The molecule has 0 saturated carbocycles. The van der Waals surface area contributed by atoms with Crippen molar-refractivity contribution in [1.82, 2.24) is 15.0 Å². The number of aromatic nitrogens is 3. The van der Waals surface area contributed by atoms with Crippen LogP contribution >= 0.6 is 0 Å². The number of nitrogens with zero attached hydrogens (tertiary/aromatic N) is 3. The van der Waals surface area contributed by atoms with Crippen molar-refractivity contribution in [2.24, 2.45) is 0 Å². The zero-order chi connectivity index (χ0) is 36.7. The second kappa shape index (κ2) is 12.0. The summed E-state index contributed by atoms with van der Waals surface area (Å²) in [5.74, 6) is 1.68. The molecule has 0 amide bonds. The minimum absolute atomic E-state index is 0.368. The van der Waals surface area contributed by atoms with Crippen molar-refractivity contribution >= 4 is 52.9 Å². The number of fused-ring (bicyclic) bond motifs is 12. The fourth-order valence-corrected chi connectivity index (χ4v) is 10.4. The summed E-state index contributed by atoms with van der Waals surface area (Å²) in [6.07, 6.45) is 0. The zero-order valence-electron chi connectivity index (χ0n) is 29.3. The van der Waals surface area contributed by atoms with E-state index in [4.69, 9.17) is 15.0 Å². The first kappa shape index (κ1) is 31.5. The van der Waals surface area contributed by atoms with Gasteiger partial charge in [-0.3, -0.25) is 0 Å². The van der Waals surface area contributed by atoms with Crippen molar-refractivity contribution in [2.45, 2.75) is 9.79 Å². The Hall–Kier alpha value is -7.02. The Morgan fingerprint density at radius 3 is 1.49 bits per heavy atom. The fourth-order valence-electron chi connectivity index (χ4n) is 8.28. The molecular formula is C49H29N3O2S. The quantitative estimate of drug-likeness (QED) is 0.169. The topological polar surface area (TPSA) is 72.8 Å². The predicted molar refractivity (Wildman–Crippen MR) is 222 cm³/mol. The van der Waals surface area contributed by atoms with Crippen LogP contribution in [-0.2, 0) is 9.84 Å². The summed E-state index contributed by atoms with van der Waals surface area (Å²) in [5.41, 5.74) is 6.31. The average molecular weight is 724 g/mol. The van der Waals surface area contributed by atoms with Gasteiger partial charge in [0.25, 0.3) is 0 Å². The van der Waals surface area contributed by atoms with Crippen molar-refractivity contribution < 1.29 is 8.42 Å². The second-order valence-corrected chi connectivity index (χ2v) is 15.8. The van der Waals surface area contributed by atoms with Crippen LogP contribution < -0.4 is 0 Å². The molecule has 9 aromatic carbocycles. The number of rotatable bonds is 4. The summed E-state index contributed by atoms with van der Waals surface area (Å²) in [6.45, 7) is 0. The van der Waals surface area contributed by atoms with Crippen LogP contribution in [0.3, 0.4) is 0 Å². The molecule has 5 nitrogen and oxygen atoms in total. The Bertz CT molecular complexity index is 3310. The molecule has 1 aliphatic heterocycles. The van der Waals surface area contributed by atoms with Gasteiger partial charge in [-0.2, -0.15) is 0 Å². The molecule has 11 rings (SSSR count). The van der Waals surface area contributed by atoms with Crippen LogP contribution in [0.4, 0.5) is 0 Å². The van der Waals surface area contributed by atoms with E-state index in [9.17, 15) is 8.42 Å². The zero-order valence-corrected chi connectivity index (χ0v) is 30.1. The van der Waals surface area contributed by atoms with Gasteiger partial charge in [0.05, 0.1) is 9.79 Å². The van der Waals surface area contributed by atoms with Gasteiger partial charge in [-0.1, -0.05) is 170 Å². The van der Waals surface area contributed by atoms with Crippen LogP contribution in [0, 0.1) is 0 Å². The van der Waals surface area contributed by atoms with Crippen molar-refractivity contribution in [3.63, 3.8) is 0 Å². The normalized spacial score (nSPS) is 13.0. The molecule has 1 aromatic heterocycles. The summed E-state index contributed by atoms with van der Waals surface area (Å²) in [5, 5.41) is 7.09. The van der Waals surface area contributed by atoms with Crippen molar-refractivity contribution in [3.8, 4) is 56.4 Å². The summed E-state index contributed by atoms with van der Waals surface area (Å²) in [7, 11) is -3.87. The fraction of sp³-hybridized carbons (Fsp3) is 0. The monoisotopic (exact) mass is 723 g/mol. The molecule has 0 saturated heterocycles. The minimum atomic E-state index is -3.87. The number of hydrogen-bond donors (Lipinski definition) is 0. The van der Waals surface area contributed by atoms with Crippen LogP contribution in [0.2, 0.25) is 0 Å². The first-order chi connectivity index (χ1) is 27.0. The lowest BCUT2D eigenvalue weighted by Gasteiger charge is -2.15. The Morgan fingerprint density at radius 2 is 0.782 bits per heavy atom. The van der Waals surface area contributed by atoms with Crippen LogP contribution in [0.25, 0.3) is 99.5 Å². The highest BCUT2D eigenvalue weighted by molar-refractivity contribution is 7.92. The minimum Gasteiger partial charge on any atom is -0.218 e. The Labute approximate surface area is 317 Å². The molecule has 0 aliphatic carbocycles. The van der Waals surface area contributed by atoms with E-state index in [0.717, 1.165) is 82.0 Å². The Balaban J connectivity index is 1.14. The molecule has 2 heterocycles. The first-order valence-electron chi connectivity index (χ1n) is 18.2. The number of sulfone groups is 1. The van der Waals surface area contributed by atoms with Gasteiger partial charge in [0.1, 0.15) is 0 Å². The largest absolute Gasteiger partial charge is 0.218 e. The van der Waals surface area contributed by atoms with Gasteiger partial charge in [0.15, 0.2) is 17.5 Å². The van der Waals surface area contributed by atoms with Crippen LogP contribution in [0.1, 0.15) is 0 Å². The maximum absolute atomic E-state index is 14.8. The molecule has 0 unspecified atom stereocenters. The Kier molecular flexibility index (Phi) is 6.87. The molecule has 0 spiro atoms. The summed E-state index contributed by atoms with van der Waals surface area (Å²) in [4.78, 5) is 15.8.